The summed E-state index contributed by atoms with van der Waals surface area (Å²) in [5.41, 5.74) is 2.21. The number of nitrogens with one attached hydrogen (secondary N) is 1. The van der Waals surface area contributed by atoms with Crippen molar-refractivity contribution in [3.8, 4) is 0 Å². The molecule has 0 fully saturated rings. The van der Waals surface area contributed by atoms with Crippen molar-refractivity contribution in [2.24, 2.45) is 0 Å². The second-order valence-electron chi connectivity index (χ2n) is 4.99. The molecule has 2 heterocycles. The van der Waals surface area contributed by atoms with Crippen molar-refractivity contribution in [1.29, 1.82) is 0 Å². The Morgan fingerprint density at radius 1 is 1.14 bits per heavy atom. The minimum absolute atomic E-state index is 0.121. The number of fused-ring (bicyclic) bond motifs is 1. The molecule has 5 nitrogen and oxygen atoms in total. The van der Waals surface area contributed by atoms with Crippen LogP contribution in [0, 0.1) is 0 Å². The average Bonchev–Trinajstić information content (AvgIpc) is 2.93. The Hall–Kier alpha value is -2.95. The molecule has 110 valence electrons. The number of pyridine rings is 1. The first-order valence-electron chi connectivity index (χ1n) is 6.95. The molecule has 0 saturated carbocycles. The molecular formula is C17H15N3O2. The van der Waals surface area contributed by atoms with E-state index in [1.807, 2.05) is 36.4 Å². The van der Waals surface area contributed by atoms with Gasteiger partial charge in [-0.2, -0.15) is 0 Å². The summed E-state index contributed by atoms with van der Waals surface area (Å²) in [6.07, 6.45) is 4.96. The fourth-order valence-electron chi connectivity index (χ4n) is 2.40. The lowest BCUT2D eigenvalue weighted by Crippen LogP contribution is -2.22. The van der Waals surface area contributed by atoms with E-state index in [-0.39, 0.29) is 11.8 Å². The summed E-state index contributed by atoms with van der Waals surface area (Å²) in [5.74, 6) is -0.322. The van der Waals surface area contributed by atoms with Crippen LogP contribution in [0.1, 0.15) is 27.6 Å². The van der Waals surface area contributed by atoms with Crippen LogP contribution in [0.15, 0.2) is 55.0 Å². The van der Waals surface area contributed by atoms with Crippen LogP contribution < -0.4 is 5.32 Å². The summed E-state index contributed by atoms with van der Waals surface area (Å²) in [6, 6.07) is 11.1. The number of hydrogen-bond acceptors (Lipinski definition) is 3. The summed E-state index contributed by atoms with van der Waals surface area (Å²) in [5, 5.41) is 3.64. The molecule has 1 aromatic carbocycles. The molecule has 0 radical (unpaired) electrons. The van der Waals surface area contributed by atoms with E-state index in [2.05, 4.69) is 10.3 Å². The highest BCUT2D eigenvalue weighted by Gasteiger charge is 2.16. The van der Waals surface area contributed by atoms with Crippen molar-refractivity contribution < 1.29 is 9.59 Å². The first kappa shape index (κ1) is 14.0. The van der Waals surface area contributed by atoms with Gasteiger partial charge in [0, 0.05) is 37.4 Å². The third-order valence-corrected chi connectivity index (χ3v) is 3.50. The number of carbonyl (C=O) groups excluding carboxylic acids is 2. The van der Waals surface area contributed by atoms with Gasteiger partial charge in [-0.25, -0.2) is 0 Å². The van der Waals surface area contributed by atoms with E-state index in [1.54, 1.807) is 18.6 Å². The van der Waals surface area contributed by atoms with Gasteiger partial charge in [-0.1, -0.05) is 18.2 Å². The lowest BCUT2D eigenvalue weighted by Gasteiger charge is -2.04. The molecule has 3 aromatic rings. The Morgan fingerprint density at radius 3 is 2.59 bits per heavy atom. The molecule has 3 rings (SSSR count). The molecule has 0 aliphatic heterocycles. The van der Waals surface area contributed by atoms with Gasteiger partial charge in [0.15, 0.2) is 0 Å². The first-order chi connectivity index (χ1) is 10.7. The van der Waals surface area contributed by atoms with Gasteiger partial charge in [-0.15, -0.1) is 0 Å². The van der Waals surface area contributed by atoms with Gasteiger partial charge < -0.3 is 5.32 Å². The SMILES string of the molecule is CC(=O)n1cc(C(=O)NCc2ccncc2)c2ccccc21. The molecule has 1 amide bonds. The third-order valence-electron chi connectivity index (χ3n) is 3.50. The predicted molar refractivity (Wildman–Crippen MR) is 83.6 cm³/mol. The molecule has 1 N–H and O–H groups in total. The molecular weight excluding hydrogens is 278 g/mol. The van der Waals surface area contributed by atoms with E-state index in [4.69, 9.17) is 0 Å². The van der Waals surface area contributed by atoms with Crippen LogP contribution in [0.4, 0.5) is 0 Å². The number of hydrogen-bond donors (Lipinski definition) is 1. The van der Waals surface area contributed by atoms with Crippen LogP contribution in [0.5, 0.6) is 0 Å². The van der Waals surface area contributed by atoms with Crippen LogP contribution in [-0.4, -0.2) is 21.4 Å². The van der Waals surface area contributed by atoms with Crippen LogP contribution in [0.25, 0.3) is 10.9 Å². The zero-order valence-electron chi connectivity index (χ0n) is 12.1. The van der Waals surface area contributed by atoms with Crippen molar-refractivity contribution in [2.75, 3.05) is 0 Å². The normalized spacial score (nSPS) is 10.6. The Labute approximate surface area is 127 Å². The van der Waals surface area contributed by atoms with Crippen LogP contribution in [0.2, 0.25) is 0 Å². The summed E-state index contributed by atoms with van der Waals surface area (Å²) in [6.45, 7) is 1.89. The zero-order valence-corrected chi connectivity index (χ0v) is 12.1. The molecule has 22 heavy (non-hydrogen) atoms. The number of amides is 1. The van der Waals surface area contributed by atoms with E-state index < -0.39 is 0 Å². The molecule has 0 saturated heterocycles. The maximum Gasteiger partial charge on any atom is 0.253 e. The average molecular weight is 293 g/mol. The highest BCUT2D eigenvalue weighted by molar-refractivity contribution is 6.09. The highest BCUT2D eigenvalue weighted by atomic mass is 16.2. The molecule has 0 spiro atoms. The minimum Gasteiger partial charge on any atom is -0.348 e. The van der Waals surface area contributed by atoms with E-state index >= 15 is 0 Å². The standard InChI is InChI=1S/C17H15N3O2/c1-12(21)20-11-15(14-4-2-3-5-16(14)20)17(22)19-10-13-6-8-18-9-7-13/h2-9,11H,10H2,1H3,(H,19,22). The van der Waals surface area contributed by atoms with E-state index in [1.165, 1.54) is 11.5 Å². The molecule has 0 atom stereocenters. The van der Waals surface area contributed by atoms with Gasteiger partial charge in [0.2, 0.25) is 5.91 Å². The largest absolute Gasteiger partial charge is 0.348 e. The van der Waals surface area contributed by atoms with Crippen LogP contribution in [-0.2, 0) is 6.54 Å². The van der Waals surface area contributed by atoms with Crippen molar-refractivity contribution in [2.45, 2.75) is 13.5 Å². The fourth-order valence-corrected chi connectivity index (χ4v) is 2.40. The van der Waals surface area contributed by atoms with Crippen molar-refractivity contribution in [1.82, 2.24) is 14.9 Å². The Bertz CT molecular complexity index is 837. The molecule has 0 aliphatic rings. The van der Waals surface area contributed by atoms with Crippen LogP contribution in [0.3, 0.4) is 0 Å². The number of para-hydroxylation sites is 1. The van der Waals surface area contributed by atoms with Gasteiger partial charge in [0.05, 0.1) is 11.1 Å². The predicted octanol–water partition coefficient (Wildman–Crippen LogP) is 2.63. The quantitative estimate of drug-likeness (QED) is 0.807. The highest BCUT2D eigenvalue weighted by Crippen LogP contribution is 2.21. The lowest BCUT2D eigenvalue weighted by atomic mass is 10.1. The maximum atomic E-state index is 12.4. The van der Waals surface area contributed by atoms with E-state index in [0.29, 0.717) is 12.1 Å². The number of carbonyl (C=O) groups is 2. The summed E-state index contributed by atoms with van der Waals surface area (Å²) in [7, 11) is 0. The number of benzene rings is 1. The summed E-state index contributed by atoms with van der Waals surface area (Å²) < 4.78 is 1.50. The van der Waals surface area contributed by atoms with E-state index in [0.717, 1.165) is 16.5 Å². The molecule has 0 unspecified atom stereocenters. The smallest absolute Gasteiger partial charge is 0.253 e. The van der Waals surface area contributed by atoms with E-state index in [9.17, 15) is 9.59 Å². The van der Waals surface area contributed by atoms with Crippen LogP contribution >= 0.6 is 0 Å². The Kier molecular flexibility index (Phi) is 3.70. The lowest BCUT2D eigenvalue weighted by molar-refractivity contribution is 0.0941. The van der Waals surface area contributed by atoms with Gasteiger partial charge in [-0.3, -0.25) is 19.1 Å². The number of aromatic nitrogens is 2. The summed E-state index contributed by atoms with van der Waals surface area (Å²) in [4.78, 5) is 28.1. The first-order valence-corrected chi connectivity index (χ1v) is 6.95. The van der Waals surface area contributed by atoms with Crippen molar-refractivity contribution >= 4 is 22.7 Å². The Balaban J connectivity index is 1.89. The maximum absolute atomic E-state index is 12.4. The van der Waals surface area contributed by atoms with Gasteiger partial charge in [0.25, 0.3) is 5.91 Å². The van der Waals surface area contributed by atoms with Gasteiger partial charge in [-0.05, 0) is 23.8 Å². The van der Waals surface area contributed by atoms with Crippen molar-refractivity contribution in [3.63, 3.8) is 0 Å². The topological polar surface area (TPSA) is 64.0 Å². The molecule has 5 heteroatoms. The number of nitrogens with zero attached hydrogens (tertiary/aromatic N) is 2. The second kappa shape index (κ2) is 5.81. The Morgan fingerprint density at radius 2 is 1.86 bits per heavy atom. The minimum atomic E-state index is -0.201. The van der Waals surface area contributed by atoms with Gasteiger partial charge in [0.1, 0.15) is 0 Å². The van der Waals surface area contributed by atoms with Gasteiger partial charge >= 0.3 is 0 Å². The van der Waals surface area contributed by atoms with Crippen molar-refractivity contribution in [3.05, 3.63) is 66.1 Å². The fraction of sp³-hybridized carbons (Fsp3) is 0.118. The molecule has 0 bridgehead atoms. The monoisotopic (exact) mass is 293 g/mol. The second-order valence-corrected chi connectivity index (χ2v) is 4.99. The molecule has 0 aliphatic carbocycles. The third kappa shape index (κ3) is 2.61. The number of rotatable bonds is 3. The molecule has 2 aromatic heterocycles. The zero-order chi connectivity index (χ0) is 15.5. The summed E-state index contributed by atoms with van der Waals surface area (Å²) >= 11 is 0.